The third-order valence-corrected chi connectivity index (χ3v) is 2.17. The predicted octanol–water partition coefficient (Wildman–Crippen LogP) is 3.69. The van der Waals surface area contributed by atoms with Crippen molar-refractivity contribution in [3.8, 4) is 0 Å². The van der Waals surface area contributed by atoms with E-state index >= 15 is 0 Å². The second kappa shape index (κ2) is 5.42. The Balaban J connectivity index is 3.21. The number of azide groups is 1. The van der Waals surface area contributed by atoms with E-state index in [4.69, 9.17) is 10.6 Å². The fourth-order valence-electron chi connectivity index (χ4n) is 1.48. The molecule has 0 aliphatic carbocycles. The Morgan fingerprint density at radius 3 is 2.56 bits per heavy atom. The second-order valence-corrected chi connectivity index (χ2v) is 3.43. The van der Waals surface area contributed by atoms with Crippen molar-refractivity contribution in [3.63, 3.8) is 0 Å². The molecule has 1 atom stereocenters. The normalized spacial score (nSPS) is 12.6. The van der Waals surface area contributed by atoms with Crippen LogP contribution in [0.15, 0.2) is 29.4 Å². The quantitative estimate of drug-likeness (QED) is 0.507. The first-order chi connectivity index (χ1) is 8.35. The molecule has 1 aromatic rings. The lowest BCUT2D eigenvalue weighted by molar-refractivity contribution is -0.138. The van der Waals surface area contributed by atoms with E-state index in [2.05, 4.69) is 10.0 Å². The lowest BCUT2D eigenvalue weighted by Crippen LogP contribution is -2.15. The van der Waals surface area contributed by atoms with Crippen LogP contribution in [-0.2, 0) is 0 Å². The Hall–Kier alpha value is -2.21. The second-order valence-electron chi connectivity index (χ2n) is 3.43. The highest BCUT2D eigenvalue weighted by molar-refractivity contribution is 5.89. The van der Waals surface area contributed by atoms with Crippen LogP contribution >= 0.6 is 0 Å². The molecule has 1 N–H and O–H groups in total. The van der Waals surface area contributed by atoms with Crippen molar-refractivity contribution >= 4 is 5.97 Å². The van der Waals surface area contributed by atoms with Crippen LogP contribution < -0.4 is 0 Å². The molecule has 8 heteroatoms. The summed E-state index contributed by atoms with van der Waals surface area (Å²) in [5.41, 5.74) is 7.81. The van der Waals surface area contributed by atoms with E-state index in [1.807, 2.05) is 0 Å². The van der Waals surface area contributed by atoms with Gasteiger partial charge in [-0.15, -0.1) is 0 Å². The molecule has 0 radical (unpaired) electrons. The molecule has 1 rings (SSSR count). The average Bonchev–Trinajstić information content (AvgIpc) is 2.26. The van der Waals surface area contributed by atoms with E-state index in [1.165, 1.54) is 18.2 Å². The van der Waals surface area contributed by atoms with Gasteiger partial charge in [0.25, 0.3) is 0 Å². The van der Waals surface area contributed by atoms with Gasteiger partial charge in [0.1, 0.15) is 0 Å². The van der Waals surface area contributed by atoms with Gasteiger partial charge in [-0.1, -0.05) is 23.3 Å². The van der Waals surface area contributed by atoms with E-state index in [0.717, 1.165) is 6.07 Å². The number of carboxylic acid groups (broad SMARTS) is 1. The third-order valence-electron chi connectivity index (χ3n) is 2.17. The van der Waals surface area contributed by atoms with Gasteiger partial charge < -0.3 is 5.11 Å². The monoisotopic (exact) mass is 259 g/mol. The van der Waals surface area contributed by atoms with E-state index in [-0.39, 0.29) is 11.1 Å². The van der Waals surface area contributed by atoms with Gasteiger partial charge in [-0.2, -0.15) is 13.2 Å². The molecule has 0 spiro atoms. The van der Waals surface area contributed by atoms with Crippen LogP contribution in [0.1, 0.15) is 28.4 Å². The number of hydrogen-bond acceptors (Lipinski definition) is 2. The largest absolute Gasteiger partial charge is 0.478 e. The number of nitrogens with zero attached hydrogens (tertiary/aromatic N) is 3. The molecule has 1 aromatic carbocycles. The summed E-state index contributed by atoms with van der Waals surface area (Å²) >= 11 is 0. The zero-order valence-corrected chi connectivity index (χ0v) is 8.92. The third kappa shape index (κ3) is 3.67. The van der Waals surface area contributed by atoms with Crippen molar-refractivity contribution in [2.24, 2.45) is 5.11 Å². The molecule has 18 heavy (non-hydrogen) atoms. The number of aromatic carboxylic acids is 1. The summed E-state index contributed by atoms with van der Waals surface area (Å²) in [6.45, 7) is 0. The molecule has 0 aliphatic heterocycles. The van der Waals surface area contributed by atoms with Gasteiger partial charge in [0.2, 0.25) is 0 Å². The molecule has 0 saturated heterocycles. The van der Waals surface area contributed by atoms with Gasteiger partial charge in [-0.25, -0.2) is 4.79 Å². The summed E-state index contributed by atoms with van der Waals surface area (Å²) < 4.78 is 37.0. The van der Waals surface area contributed by atoms with Crippen LogP contribution in [0.5, 0.6) is 0 Å². The zero-order chi connectivity index (χ0) is 13.8. The summed E-state index contributed by atoms with van der Waals surface area (Å²) in [6, 6.07) is 3.55. The molecule has 0 fully saturated rings. The molecule has 0 aromatic heterocycles. The Morgan fingerprint density at radius 2 is 2.06 bits per heavy atom. The molecule has 0 aliphatic rings. The Kier molecular flexibility index (Phi) is 4.17. The highest BCUT2D eigenvalue weighted by atomic mass is 19.4. The van der Waals surface area contributed by atoms with Crippen molar-refractivity contribution < 1.29 is 23.1 Å². The minimum Gasteiger partial charge on any atom is -0.478 e. The van der Waals surface area contributed by atoms with Crippen LogP contribution in [0.4, 0.5) is 13.2 Å². The Morgan fingerprint density at radius 1 is 1.44 bits per heavy atom. The summed E-state index contributed by atoms with van der Waals surface area (Å²) in [4.78, 5) is 13.2. The predicted molar refractivity (Wildman–Crippen MR) is 56.0 cm³/mol. The fourth-order valence-corrected chi connectivity index (χ4v) is 1.48. The molecular weight excluding hydrogens is 251 g/mol. The topological polar surface area (TPSA) is 86.1 Å². The molecular formula is C10H8F3N3O2. The number of hydrogen-bond donors (Lipinski definition) is 1. The maximum absolute atomic E-state index is 12.3. The van der Waals surface area contributed by atoms with Crippen LogP contribution in [0.2, 0.25) is 0 Å². The smallest absolute Gasteiger partial charge is 0.389 e. The highest BCUT2D eigenvalue weighted by Gasteiger charge is 2.33. The number of carboxylic acids is 1. The number of carbonyl (C=O) groups is 1. The first-order valence-corrected chi connectivity index (χ1v) is 4.78. The van der Waals surface area contributed by atoms with Crippen molar-refractivity contribution in [2.45, 2.75) is 18.6 Å². The van der Waals surface area contributed by atoms with E-state index in [1.54, 1.807) is 0 Å². The molecule has 0 saturated carbocycles. The minimum absolute atomic E-state index is 0.153. The van der Waals surface area contributed by atoms with Gasteiger partial charge in [0, 0.05) is 4.91 Å². The maximum Gasteiger partial charge on any atom is 0.389 e. The Labute approximate surface area is 99.5 Å². The van der Waals surface area contributed by atoms with E-state index in [0.29, 0.717) is 0 Å². The summed E-state index contributed by atoms with van der Waals surface area (Å²) in [5, 5.41) is 11.9. The van der Waals surface area contributed by atoms with Crippen molar-refractivity contribution in [2.75, 3.05) is 0 Å². The maximum atomic E-state index is 12.3. The number of benzene rings is 1. The van der Waals surface area contributed by atoms with E-state index < -0.39 is 24.6 Å². The minimum atomic E-state index is -4.55. The molecule has 5 nitrogen and oxygen atoms in total. The van der Waals surface area contributed by atoms with Gasteiger partial charge >= 0.3 is 12.1 Å². The first kappa shape index (κ1) is 13.9. The molecule has 1 unspecified atom stereocenters. The number of alkyl halides is 3. The molecule has 96 valence electrons. The van der Waals surface area contributed by atoms with Crippen LogP contribution in [0.25, 0.3) is 10.4 Å². The van der Waals surface area contributed by atoms with Crippen molar-refractivity contribution in [1.29, 1.82) is 0 Å². The van der Waals surface area contributed by atoms with Crippen LogP contribution in [0.3, 0.4) is 0 Å². The van der Waals surface area contributed by atoms with Crippen LogP contribution in [0, 0.1) is 0 Å². The lowest BCUT2D eigenvalue weighted by atomic mass is 9.98. The summed E-state index contributed by atoms with van der Waals surface area (Å²) in [7, 11) is 0. The number of rotatable bonds is 4. The summed E-state index contributed by atoms with van der Waals surface area (Å²) in [5.74, 6) is -1.37. The number of halogens is 3. The van der Waals surface area contributed by atoms with Crippen molar-refractivity contribution in [1.82, 2.24) is 0 Å². The zero-order valence-electron chi connectivity index (χ0n) is 8.92. The molecule has 0 heterocycles. The highest BCUT2D eigenvalue weighted by Crippen LogP contribution is 2.33. The van der Waals surface area contributed by atoms with E-state index in [9.17, 15) is 18.0 Å². The summed E-state index contributed by atoms with van der Waals surface area (Å²) in [6.07, 6.45) is -5.95. The van der Waals surface area contributed by atoms with Crippen molar-refractivity contribution in [3.05, 3.63) is 45.8 Å². The van der Waals surface area contributed by atoms with Gasteiger partial charge in [-0.05, 0) is 17.2 Å². The van der Waals surface area contributed by atoms with Gasteiger partial charge in [0.15, 0.2) is 0 Å². The van der Waals surface area contributed by atoms with Gasteiger partial charge in [0.05, 0.1) is 18.0 Å². The van der Waals surface area contributed by atoms with Crippen LogP contribution in [-0.4, -0.2) is 17.3 Å². The van der Waals surface area contributed by atoms with Gasteiger partial charge in [-0.3, -0.25) is 0 Å². The first-order valence-electron chi connectivity index (χ1n) is 4.78. The fraction of sp³-hybridized carbons (Fsp3) is 0.300. The molecule has 0 bridgehead atoms. The lowest BCUT2D eigenvalue weighted by Gasteiger charge is -2.15. The Bertz CT molecular complexity index is 495. The molecule has 0 amide bonds. The average molecular weight is 259 g/mol. The standard InChI is InChI=1S/C10H8F3N3O2/c11-10(12,13)5-8(15-16-14)6-3-1-2-4-7(6)9(17)18/h1-4,8H,5H2,(H,17,18). The SMILES string of the molecule is [N-]=[N+]=NC(CC(F)(F)F)c1ccccc1C(=O)O.